The number of hydrogen-bond donors (Lipinski definition) is 1. The van der Waals surface area contributed by atoms with Gasteiger partial charge in [-0.2, -0.15) is 13.2 Å². The molecular weight excluding hydrogens is 375 g/mol. The first-order valence-electron chi connectivity index (χ1n) is 5.18. The Kier molecular flexibility index (Phi) is 14.2. The Labute approximate surface area is 139 Å². The van der Waals surface area contributed by atoms with E-state index in [1.54, 1.807) is 0 Å². The van der Waals surface area contributed by atoms with Crippen molar-refractivity contribution in [2.24, 2.45) is 5.73 Å². The molecule has 0 radical (unpaired) electrons. The summed E-state index contributed by atoms with van der Waals surface area (Å²) in [5.74, 6) is -2.17. The Morgan fingerprint density at radius 1 is 1.27 bits per heavy atom. The zero-order chi connectivity index (χ0) is 17.2. The molecule has 0 aliphatic rings. The van der Waals surface area contributed by atoms with Gasteiger partial charge in [0.05, 0.1) is 16.3 Å². The molecule has 1 heterocycles. The number of carboxylic acids is 2. The van der Waals surface area contributed by atoms with Crippen LogP contribution in [-0.4, -0.2) is 16.9 Å². The zero-order valence-electron chi connectivity index (χ0n) is 11.3. The second-order valence-corrected chi connectivity index (χ2v) is 3.74. The molecule has 11 heteroatoms. The van der Waals surface area contributed by atoms with Gasteiger partial charge in [0, 0.05) is 24.7 Å². The van der Waals surface area contributed by atoms with Gasteiger partial charge in [-0.05, 0) is 19.9 Å². The van der Waals surface area contributed by atoms with Crippen LogP contribution in [0.4, 0.5) is 13.2 Å². The third kappa shape index (κ3) is 15.0. The monoisotopic (exact) mass is 386 g/mol. The van der Waals surface area contributed by atoms with Crippen molar-refractivity contribution in [3.63, 3.8) is 0 Å². The van der Waals surface area contributed by atoms with Crippen molar-refractivity contribution in [1.82, 2.24) is 4.98 Å². The molecule has 0 fully saturated rings. The standard InChI is InChI=1S/C7H6ClF3N2.2C2H4O2.Ni/c8-5-1-4(7(9,10)11)3-13-6(5)2-12;2*1-2(3)4;/h1,3H,2,12H2;2*1H3,(H,3,4);/q;;;+2/p-2. The third-order valence-electron chi connectivity index (χ3n) is 1.44. The maximum absolute atomic E-state index is 12.1. The van der Waals surface area contributed by atoms with E-state index in [0.29, 0.717) is 6.20 Å². The minimum atomic E-state index is -4.41. The largest absolute Gasteiger partial charge is 2.00 e. The molecule has 0 amide bonds. The fourth-order valence-corrected chi connectivity index (χ4v) is 1.01. The van der Waals surface area contributed by atoms with Crippen molar-refractivity contribution in [3.8, 4) is 0 Å². The van der Waals surface area contributed by atoms with Gasteiger partial charge in [-0.1, -0.05) is 11.6 Å². The van der Waals surface area contributed by atoms with Gasteiger partial charge in [-0.3, -0.25) is 4.98 Å². The Balaban J connectivity index is -0.000000338. The minimum Gasteiger partial charge on any atom is -0.550 e. The molecule has 0 aliphatic carbocycles. The number of aromatic nitrogens is 1. The van der Waals surface area contributed by atoms with Crippen LogP contribution in [0.5, 0.6) is 0 Å². The zero-order valence-corrected chi connectivity index (χ0v) is 13.1. The number of carboxylic acid groups (broad SMARTS) is 2. The maximum atomic E-state index is 12.1. The van der Waals surface area contributed by atoms with E-state index in [-0.39, 0.29) is 33.8 Å². The fourth-order valence-electron chi connectivity index (χ4n) is 0.771. The molecular formula is C11H12ClF3N2NiO4. The first-order chi connectivity index (χ1) is 9.41. The van der Waals surface area contributed by atoms with Crippen LogP contribution in [0.3, 0.4) is 0 Å². The molecule has 1 aromatic rings. The molecule has 1 rings (SSSR count). The van der Waals surface area contributed by atoms with Gasteiger partial charge in [-0.15, -0.1) is 0 Å². The molecule has 0 atom stereocenters. The Morgan fingerprint density at radius 3 is 1.86 bits per heavy atom. The van der Waals surface area contributed by atoms with Crippen LogP contribution in [0.25, 0.3) is 0 Å². The predicted octanol–water partition coefficient (Wildman–Crippen LogP) is -0.278. The van der Waals surface area contributed by atoms with Gasteiger partial charge >= 0.3 is 22.7 Å². The molecule has 1 aromatic heterocycles. The summed E-state index contributed by atoms with van der Waals surface area (Å²) in [6, 6.07) is 0.816. The number of alkyl halides is 3. The summed E-state index contributed by atoms with van der Waals surface area (Å²) in [6.45, 7) is 1.97. The predicted molar refractivity (Wildman–Crippen MR) is 63.5 cm³/mol. The average Bonchev–Trinajstić information content (AvgIpc) is 2.26. The molecule has 2 N–H and O–H groups in total. The molecule has 0 unspecified atom stereocenters. The van der Waals surface area contributed by atoms with Gasteiger partial charge in [0.25, 0.3) is 0 Å². The van der Waals surface area contributed by atoms with Gasteiger partial charge in [0.2, 0.25) is 0 Å². The third-order valence-corrected chi connectivity index (χ3v) is 1.77. The number of carbonyl (C=O) groups is 2. The van der Waals surface area contributed by atoms with E-state index in [4.69, 9.17) is 37.1 Å². The van der Waals surface area contributed by atoms with Gasteiger partial charge in [0.15, 0.2) is 0 Å². The molecule has 0 bridgehead atoms. The number of nitrogens with zero attached hydrogens (tertiary/aromatic N) is 1. The number of carbonyl (C=O) groups excluding carboxylic acids is 2. The van der Waals surface area contributed by atoms with Crippen LogP contribution in [0.2, 0.25) is 5.02 Å². The van der Waals surface area contributed by atoms with E-state index in [1.165, 1.54) is 0 Å². The van der Waals surface area contributed by atoms with Crippen molar-refractivity contribution < 1.29 is 49.5 Å². The summed E-state index contributed by atoms with van der Waals surface area (Å²) < 4.78 is 36.2. The molecule has 0 aromatic carbocycles. The van der Waals surface area contributed by atoms with E-state index >= 15 is 0 Å². The summed E-state index contributed by atoms with van der Waals surface area (Å²) in [5, 5.41) is 17.7. The van der Waals surface area contributed by atoms with E-state index in [0.717, 1.165) is 19.9 Å². The molecule has 0 saturated carbocycles. The number of aliphatic carboxylic acids is 2. The molecule has 0 aliphatic heterocycles. The quantitative estimate of drug-likeness (QED) is 0.662. The SMILES string of the molecule is CC(=O)[O-].CC(=O)[O-].NCc1ncc(C(F)(F)F)cc1Cl.[Ni+2]. The van der Waals surface area contributed by atoms with Crippen LogP contribution in [0, 0.1) is 0 Å². The summed E-state index contributed by atoms with van der Waals surface area (Å²) in [5.41, 5.74) is 4.57. The van der Waals surface area contributed by atoms with Crippen molar-refractivity contribution >= 4 is 23.5 Å². The van der Waals surface area contributed by atoms with Gasteiger partial charge in [0.1, 0.15) is 0 Å². The summed E-state index contributed by atoms with van der Waals surface area (Å²) in [6.07, 6.45) is -3.70. The van der Waals surface area contributed by atoms with Crippen LogP contribution in [0.15, 0.2) is 12.3 Å². The van der Waals surface area contributed by atoms with Gasteiger partial charge < -0.3 is 25.5 Å². The normalized spacial score (nSPS) is 9.23. The number of halogens is 4. The van der Waals surface area contributed by atoms with Crippen LogP contribution in [0.1, 0.15) is 25.1 Å². The van der Waals surface area contributed by atoms with Crippen LogP contribution in [-0.2, 0) is 38.8 Å². The van der Waals surface area contributed by atoms with Crippen molar-refractivity contribution in [2.45, 2.75) is 26.6 Å². The minimum absolute atomic E-state index is 0. The van der Waals surface area contributed by atoms with E-state index in [2.05, 4.69) is 4.98 Å². The number of hydrogen-bond acceptors (Lipinski definition) is 6. The number of nitrogens with two attached hydrogens (primary N) is 1. The van der Waals surface area contributed by atoms with Crippen molar-refractivity contribution in [3.05, 3.63) is 28.5 Å². The topological polar surface area (TPSA) is 119 Å². The van der Waals surface area contributed by atoms with E-state index in [9.17, 15) is 13.2 Å². The Morgan fingerprint density at radius 2 is 1.64 bits per heavy atom. The molecule has 22 heavy (non-hydrogen) atoms. The second-order valence-electron chi connectivity index (χ2n) is 3.34. The number of rotatable bonds is 1. The van der Waals surface area contributed by atoms with Crippen molar-refractivity contribution in [2.75, 3.05) is 0 Å². The molecule has 128 valence electrons. The maximum Gasteiger partial charge on any atom is 2.00 e. The van der Waals surface area contributed by atoms with E-state index in [1.807, 2.05) is 0 Å². The second kappa shape index (κ2) is 12.2. The average molecular weight is 387 g/mol. The Hall–Kier alpha value is -1.38. The molecule has 0 spiro atoms. The molecule has 0 saturated heterocycles. The fraction of sp³-hybridized carbons (Fsp3) is 0.364. The first-order valence-corrected chi connectivity index (χ1v) is 5.56. The van der Waals surface area contributed by atoms with E-state index < -0.39 is 23.7 Å². The smallest absolute Gasteiger partial charge is 0.550 e. The van der Waals surface area contributed by atoms with Crippen LogP contribution < -0.4 is 15.9 Å². The first kappa shape index (κ1) is 25.6. The summed E-state index contributed by atoms with van der Waals surface area (Å²) >= 11 is 5.49. The Bertz CT molecular complexity index is 467. The van der Waals surface area contributed by atoms with Crippen LogP contribution >= 0.6 is 11.6 Å². The van der Waals surface area contributed by atoms with Gasteiger partial charge in [-0.25, -0.2) is 0 Å². The van der Waals surface area contributed by atoms with Crippen molar-refractivity contribution in [1.29, 1.82) is 0 Å². The number of pyridine rings is 1. The summed E-state index contributed by atoms with van der Waals surface area (Å²) in [7, 11) is 0. The summed E-state index contributed by atoms with van der Waals surface area (Å²) in [4.78, 5) is 21.3. The molecule has 6 nitrogen and oxygen atoms in total.